The van der Waals surface area contributed by atoms with E-state index < -0.39 is 4.92 Å². The van der Waals surface area contributed by atoms with Crippen molar-refractivity contribution in [3.8, 4) is 0 Å². The quantitative estimate of drug-likeness (QED) is 0.502. The predicted molar refractivity (Wildman–Crippen MR) is 108 cm³/mol. The van der Waals surface area contributed by atoms with Crippen LogP contribution in [0.2, 0.25) is 0 Å². The molecule has 0 saturated heterocycles. The molecule has 142 valence electrons. The molecule has 4 rings (SSSR count). The lowest BCUT2D eigenvalue weighted by atomic mass is 9.77. The zero-order chi connectivity index (χ0) is 19.8. The van der Waals surface area contributed by atoms with Crippen molar-refractivity contribution < 1.29 is 14.5 Å². The molecule has 0 fully saturated rings. The maximum Gasteiger partial charge on any atom is 0.293 e. The van der Waals surface area contributed by atoms with E-state index in [9.17, 15) is 19.7 Å². The van der Waals surface area contributed by atoms with Gasteiger partial charge in [0, 0.05) is 40.6 Å². The van der Waals surface area contributed by atoms with Crippen molar-refractivity contribution in [1.29, 1.82) is 0 Å². The summed E-state index contributed by atoms with van der Waals surface area (Å²) in [6.07, 6.45) is 1.71. The number of benzene rings is 2. The predicted octanol–water partition coefficient (Wildman–Crippen LogP) is 4.88. The Morgan fingerprint density at radius 3 is 2.61 bits per heavy atom. The Labute approximate surface area is 170 Å². The van der Waals surface area contributed by atoms with Crippen LogP contribution in [-0.2, 0) is 9.59 Å². The summed E-state index contributed by atoms with van der Waals surface area (Å²) in [5.74, 6) is -0.540. The van der Waals surface area contributed by atoms with Crippen LogP contribution in [0.25, 0.3) is 0 Å². The van der Waals surface area contributed by atoms with Gasteiger partial charge in [0.15, 0.2) is 5.78 Å². The van der Waals surface area contributed by atoms with E-state index in [1.54, 1.807) is 18.2 Å². The highest BCUT2D eigenvalue weighted by atomic mass is 79.9. The first-order chi connectivity index (χ1) is 13.5. The standard InChI is InChI=1S/C21H17BrN2O4/c22-14-6-3-5-13(11-14)15-12-20(26)23(18-9-4-10-19(25)21(15)18)16-7-1-2-8-17(16)24(27)28/h1-3,5-8,11,15H,4,9-10,12H2. The zero-order valence-corrected chi connectivity index (χ0v) is 16.5. The smallest absolute Gasteiger partial charge is 0.293 e. The van der Waals surface area contributed by atoms with Gasteiger partial charge in [-0.25, -0.2) is 0 Å². The number of carbonyl (C=O) groups is 2. The average Bonchev–Trinajstić information content (AvgIpc) is 2.67. The summed E-state index contributed by atoms with van der Waals surface area (Å²) in [5.41, 5.74) is 2.20. The minimum atomic E-state index is -0.492. The van der Waals surface area contributed by atoms with Gasteiger partial charge in [0.1, 0.15) is 5.69 Å². The van der Waals surface area contributed by atoms with E-state index in [0.717, 1.165) is 10.0 Å². The molecule has 1 atom stereocenters. The maximum absolute atomic E-state index is 13.1. The van der Waals surface area contributed by atoms with E-state index in [2.05, 4.69) is 15.9 Å². The number of para-hydroxylation sites is 2. The third-order valence-corrected chi connectivity index (χ3v) is 5.74. The summed E-state index contributed by atoms with van der Waals surface area (Å²) in [5, 5.41) is 11.5. The molecule has 1 aliphatic heterocycles. The van der Waals surface area contributed by atoms with Crippen LogP contribution in [0.4, 0.5) is 11.4 Å². The number of rotatable bonds is 3. The van der Waals surface area contributed by atoms with E-state index in [0.29, 0.717) is 30.5 Å². The maximum atomic E-state index is 13.1. The van der Waals surface area contributed by atoms with Crippen molar-refractivity contribution >= 4 is 39.0 Å². The Bertz CT molecular complexity index is 1030. The number of carbonyl (C=O) groups excluding carboxylic acids is 2. The number of hydrogen-bond donors (Lipinski definition) is 0. The highest BCUT2D eigenvalue weighted by Crippen LogP contribution is 2.45. The van der Waals surface area contributed by atoms with E-state index in [1.807, 2.05) is 24.3 Å². The van der Waals surface area contributed by atoms with Crippen LogP contribution in [0.15, 0.2) is 64.3 Å². The van der Waals surface area contributed by atoms with Crippen molar-refractivity contribution in [1.82, 2.24) is 0 Å². The number of hydrogen-bond acceptors (Lipinski definition) is 4. The molecule has 0 radical (unpaired) electrons. The molecular weight excluding hydrogens is 424 g/mol. The van der Waals surface area contributed by atoms with Gasteiger partial charge in [0.05, 0.1) is 4.92 Å². The molecule has 0 spiro atoms. The number of amides is 1. The Morgan fingerprint density at radius 1 is 1.07 bits per heavy atom. The van der Waals surface area contributed by atoms with Gasteiger partial charge < -0.3 is 0 Å². The van der Waals surface area contributed by atoms with Crippen molar-refractivity contribution in [2.45, 2.75) is 31.6 Å². The molecule has 0 N–H and O–H groups in total. The number of halogens is 1. The molecule has 0 aromatic heterocycles. The molecule has 0 saturated carbocycles. The second kappa shape index (κ2) is 7.31. The molecule has 7 heteroatoms. The summed E-state index contributed by atoms with van der Waals surface area (Å²) >= 11 is 3.45. The lowest BCUT2D eigenvalue weighted by Crippen LogP contribution is -2.40. The van der Waals surface area contributed by atoms with Crippen LogP contribution in [0, 0.1) is 10.1 Å². The number of anilines is 1. The summed E-state index contributed by atoms with van der Waals surface area (Å²) in [7, 11) is 0. The van der Waals surface area contributed by atoms with Crippen LogP contribution in [0.5, 0.6) is 0 Å². The summed E-state index contributed by atoms with van der Waals surface area (Å²) < 4.78 is 0.879. The number of Topliss-reactive ketones (excluding diaryl/α,β-unsaturated/α-hetero) is 1. The molecule has 6 nitrogen and oxygen atoms in total. The second-order valence-electron chi connectivity index (χ2n) is 6.92. The summed E-state index contributed by atoms with van der Waals surface area (Å²) in [4.78, 5) is 38.4. The highest BCUT2D eigenvalue weighted by molar-refractivity contribution is 9.10. The molecule has 0 bridgehead atoms. The van der Waals surface area contributed by atoms with Crippen molar-refractivity contribution in [2.75, 3.05) is 4.90 Å². The first-order valence-electron chi connectivity index (χ1n) is 9.05. The number of nitrogens with zero attached hydrogens (tertiary/aromatic N) is 2. The Hall–Kier alpha value is -2.80. The third-order valence-electron chi connectivity index (χ3n) is 5.25. The lowest BCUT2D eigenvalue weighted by Gasteiger charge is -2.38. The van der Waals surface area contributed by atoms with Crippen molar-refractivity contribution in [3.63, 3.8) is 0 Å². The molecule has 1 aliphatic carbocycles. The fourth-order valence-corrected chi connectivity index (χ4v) is 4.51. The highest BCUT2D eigenvalue weighted by Gasteiger charge is 2.41. The van der Waals surface area contributed by atoms with Crippen LogP contribution in [0.3, 0.4) is 0 Å². The molecule has 1 heterocycles. The molecule has 1 amide bonds. The number of nitro groups is 1. The van der Waals surface area contributed by atoms with Gasteiger partial charge in [0.2, 0.25) is 5.91 Å². The lowest BCUT2D eigenvalue weighted by molar-refractivity contribution is -0.384. The minimum Gasteiger partial charge on any atom is -0.294 e. The number of allylic oxidation sites excluding steroid dienone is 2. The van der Waals surface area contributed by atoms with Gasteiger partial charge in [-0.1, -0.05) is 40.2 Å². The molecule has 2 aromatic rings. The van der Waals surface area contributed by atoms with Crippen LogP contribution in [0.1, 0.15) is 37.2 Å². The molecular formula is C21H17BrN2O4. The SMILES string of the molecule is O=C1CCCC2=C1C(c1cccc(Br)c1)CC(=O)N2c1ccccc1[N+](=O)[O-]. The average molecular weight is 441 g/mol. The Balaban J connectivity index is 1.90. The molecule has 1 unspecified atom stereocenters. The fraction of sp³-hybridized carbons (Fsp3) is 0.238. The summed E-state index contributed by atoms with van der Waals surface area (Å²) in [6, 6.07) is 13.8. The molecule has 2 aromatic carbocycles. The monoisotopic (exact) mass is 440 g/mol. The zero-order valence-electron chi connectivity index (χ0n) is 14.9. The fourth-order valence-electron chi connectivity index (χ4n) is 4.09. The molecule has 2 aliphatic rings. The van der Waals surface area contributed by atoms with E-state index in [4.69, 9.17) is 0 Å². The minimum absolute atomic E-state index is 0.0160. The van der Waals surface area contributed by atoms with E-state index >= 15 is 0 Å². The molecule has 28 heavy (non-hydrogen) atoms. The van der Waals surface area contributed by atoms with Gasteiger partial charge in [-0.3, -0.25) is 24.6 Å². The largest absolute Gasteiger partial charge is 0.294 e. The van der Waals surface area contributed by atoms with Gasteiger partial charge in [-0.15, -0.1) is 0 Å². The van der Waals surface area contributed by atoms with Crippen molar-refractivity contribution in [3.05, 3.63) is 80.0 Å². The summed E-state index contributed by atoms with van der Waals surface area (Å²) in [6.45, 7) is 0. The van der Waals surface area contributed by atoms with Crippen molar-refractivity contribution in [2.24, 2.45) is 0 Å². The van der Waals surface area contributed by atoms with Crippen LogP contribution >= 0.6 is 15.9 Å². The number of nitro benzene ring substituents is 1. The van der Waals surface area contributed by atoms with Crippen LogP contribution in [-0.4, -0.2) is 16.6 Å². The third kappa shape index (κ3) is 3.16. The second-order valence-corrected chi connectivity index (χ2v) is 7.84. The Morgan fingerprint density at radius 2 is 1.86 bits per heavy atom. The van der Waals surface area contributed by atoms with E-state index in [1.165, 1.54) is 11.0 Å². The van der Waals surface area contributed by atoms with Gasteiger partial charge in [0.25, 0.3) is 5.69 Å². The Kier molecular flexibility index (Phi) is 4.85. The van der Waals surface area contributed by atoms with E-state index in [-0.39, 0.29) is 35.4 Å². The van der Waals surface area contributed by atoms with Gasteiger partial charge in [-0.2, -0.15) is 0 Å². The van der Waals surface area contributed by atoms with Gasteiger partial charge >= 0.3 is 0 Å². The number of ketones is 1. The normalized spacial score (nSPS) is 19.6. The first kappa shape index (κ1) is 18.6. The van der Waals surface area contributed by atoms with Gasteiger partial charge in [-0.05, 0) is 36.6 Å². The first-order valence-corrected chi connectivity index (χ1v) is 9.84. The topological polar surface area (TPSA) is 80.5 Å². The van der Waals surface area contributed by atoms with Crippen LogP contribution < -0.4 is 4.90 Å².